The van der Waals surface area contributed by atoms with Crippen LogP contribution in [0.5, 0.6) is 0 Å². The first kappa shape index (κ1) is 22.2. The first-order valence-electron chi connectivity index (χ1n) is 7.81. The molecule has 0 aromatic heterocycles. The Morgan fingerprint density at radius 3 is 2.43 bits per heavy atom. The van der Waals surface area contributed by atoms with E-state index in [9.17, 15) is 4.79 Å². The van der Waals surface area contributed by atoms with Gasteiger partial charge < -0.3 is 18.6 Å². The molecule has 1 atom stereocenters. The Kier molecular flexibility index (Phi) is 10.5. The quantitative estimate of drug-likeness (QED) is 0.179. The van der Waals surface area contributed by atoms with E-state index >= 15 is 0 Å². The largest absolute Gasteiger partial charge is 0.413 e. The molecule has 0 radical (unpaired) electrons. The van der Waals surface area contributed by atoms with E-state index in [0.29, 0.717) is 19.8 Å². The van der Waals surface area contributed by atoms with E-state index < -0.39 is 14.4 Å². The molecule has 0 aromatic carbocycles. The van der Waals surface area contributed by atoms with Crippen LogP contribution in [0.2, 0.25) is 18.1 Å². The molecule has 0 spiro atoms. The highest BCUT2D eigenvalue weighted by molar-refractivity contribution is 6.74. The van der Waals surface area contributed by atoms with Crippen molar-refractivity contribution in [2.75, 3.05) is 33.7 Å². The fraction of sp³-hybridized carbons (Fsp3) is 0.706. The molecule has 0 saturated carbocycles. The maximum absolute atomic E-state index is 12.0. The van der Waals surface area contributed by atoms with Crippen LogP contribution >= 0.6 is 0 Å². The molecule has 0 heterocycles. The van der Waals surface area contributed by atoms with Crippen molar-refractivity contribution in [1.29, 1.82) is 0 Å². The van der Waals surface area contributed by atoms with Gasteiger partial charge in [-0.3, -0.25) is 4.79 Å². The Labute approximate surface area is 141 Å². The van der Waals surface area contributed by atoms with Gasteiger partial charge in [-0.25, -0.2) is 0 Å². The predicted molar refractivity (Wildman–Crippen MR) is 95.1 cm³/mol. The Morgan fingerprint density at radius 2 is 1.91 bits per heavy atom. The van der Waals surface area contributed by atoms with Gasteiger partial charge in [0.2, 0.25) is 0 Å². The lowest BCUT2D eigenvalue weighted by molar-refractivity contribution is -0.133. The molecule has 6 heteroatoms. The van der Waals surface area contributed by atoms with Gasteiger partial charge in [-0.1, -0.05) is 32.9 Å². The summed E-state index contributed by atoms with van der Waals surface area (Å²) >= 11 is 0. The fourth-order valence-electron chi connectivity index (χ4n) is 1.32. The second-order valence-electron chi connectivity index (χ2n) is 6.72. The van der Waals surface area contributed by atoms with Crippen molar-refractivity contribution in [3.05, 3.63) is 24.8 Å². The Bertz CT molecular complexity index is 385. The van der Waals surface area contributed by atoms with Crippen LogP contribution in [0.25, 0.3) is 0 Å². The second-order valence-corrected chi connectivity index (χ2v) is 11.5. The van der Waals surface area contributed by atoms with E-state index in [-0.39, 0.29) is 17.6 Å². The summed E-state index contributed by atoms with van der Waals surface area (Å²) in [6.45, 7) is 15.9. The van der Waals surface area contributed by atoms with Gasteiger partial charge in [-0.2, -0.15) is 0 Å². The number of carbonyl (C=O) groups is 1. The molecule has 0 aliphatic heterocycles. The van der Waals surface area contributed by atoms with E-state index in [1.54, 1.807) is 13.2 Å². The first-order valence-corrected chi connectivity index (χ1v) is 10.7. The molecule has 0 amide bonds. The molecule has 134 valence electrons. The average Bonchev–Trinajstić information content (AvgIpc) is 2.46. The van der Waals surface area contributed by atoms with E-state index in [0.717, 1.165) is 0 Å². The third-order valence-electron chi connectivity index (χ3n) is 3.89. The zero-order chi connectivity index (χ0) is 17.9. The monoisotopic (exact) mass is 344 g/mol. The van der Waals surface area contributed by atoms with Crippen LogP contribution in [-0.2, 0) is 23.4 Å². The van der Waals surface area contributed by atoms with Crippen molar-refractivity contribution in [2.45, 2.75) is 45.0 Å². The van der Waals surface area contributed by atoms with Crippen LogP contribution in [0.15, 0.2) is 24.8 Å². The number of ether oxygens (including phenoxy) is 3. The van der Waals surface area contributed by atoms with Crippen LogP contribution in [0.4, 0.5) is 0 Å². The summed E-state index contributed by atoms with van der Waals surface area (Å²) in [4.78, 5) is 12.0. The van der Waals surface area contributed by atoms with Gasteiger partial charge in [0.05, 0.1) is 19.8 Å². The lowest BCUT2D eigenvalue weighted by Gasteiger charge is -2.35. The minimum atomic E-state index is -1.79. The first-order chi connectivity index (χ1) is 10.7. The molecule has 0 fully saturated rings. The molecule has 0 rings (SSSR count). The molecule has 23 heavy (non-hydrogen) atoms. The topological polar surface area (TPSA) is 54.0 Å². The smallest absolute Gasteiger partial charge is 0.192 e. The zero-order valence-corrected chi connectivity index (χ0v) is 16.4. The Morgan fingerprint density at radius 1 is 1.26 bits per heavy atom. The third kappa shape index (κ3) is 9.17. The summed E-state index contributed by atoms with van der Waals surface area (Å²) in [5.74, 6) is -0.172. The van der Waals surface area contributed by atoms with E-state index in [2.05, 4.69) is 40.4 Å². The molecular formula is C17H32O5Si. The molecule has 0 unspecified atom stereocenters. The minimum absolute atomic E-state index is 0.0279. The summed E-state index contributed by atoms with van der Waals surface area (Å²) in [7, 11) is -0.198. The fourth-order valence-corrected chi connectivity index (χ4v) is 2.27. The molecule has 0 aliphatic rings. The normalized spacial score (nSPS) is 14.2. The molecule has 0 saturated heterocycles. The standard InChI is InChI=1S/C17H32O5Si/c1-8-16(21-14-20-13-12-19-5)15(18)10-9-11-22-23(6,7)17(2,3)4/h8-10,16H,1,11-14H2,2-7H3/b10-9+/t16-/m1/s1. The van der Waals surface area contributed by atoms with Gasteiger partial charge in [-0.05, 0) is 24.2 Å². The highest BCUT2D eigenvalue weighted by Crippen LogP contribution is 2.36. The molecule has 0 aliphatic carbocycles. The minimum Gasteiger partial charge on any atom is -0.413 e. The van der Waals surface area contributed by atoms with Crippen molar-refractivity contribution in [1.82, 2.24) is 0 Å². The van der Waals surface area contributed by atoms with Gasteiger partial charge in [0, 0.05) is 7.11 Å². The van der Waals surface area contributed by atoms with Gasteiger partial charge >= 0.3 is 0 Å². The number of hydrogen-bond acceptors (Lipinski definition) is 5. The van der Waals surface area contributed by atoms with Gasteiger partial charge in [0.25, 0.3) is 0 Å². The highest BCUT2D eigenvalue weighted by Gasteiger charge is 2.36. The van der Waals surface area contributed by atoms with Crippen molar-refractivity contribution < 1.29 is 23.4 Å². The SMILES string of the molecule is C=C[C@@H](OCOCCOC)C(=O)/C=C/CO[Si](C)(C)C(C)(C)C. The van der Waals surface area contributed by atoms with E-state index in [1.165, 1.54) is 12.2 Å². The lowest BCUT2D eigenvalue weighted by atomic mass is 10.2. The van der Waals surface area contributed by atoms with E-state index in [1.807, 2.05) is 0 Å². The summed E-state index contributed by atoms with van der Waals surface area (Å²) in [6.07, 6.45) is 3.96. The van der Waals surface area contributed by atoms with Gasteiger partial charge in [0.15, 0.2) is 14.1 Å². The highest BCUT2D eigenvalue weighted by atomic mass is 28.4. The maximum atomic E-state index is 12.0. The maximum Gasteiger partial charge on any atom is 0.192 e. The summed E-state index contributed by atoms with van der Waals surface area (Å²) in [5.41, 5.74) is 0. The third-order valence-corrected chi connectivity index (χ3v) is 8.39. The molecule has 0 N–H and O–H groups in total. The number of rotatable bonds is 12. The van der Waals surface area contributed by atoms with Crippen molar-refractivity contribution in [3.8, 4) is 0 Å². The second kappa shape index (κ2) is 10.9. The summed E-state index contributed by atoms with van der Waals surface area (Å²) < 4.78 is 21.3. The number of hydrogen-bond donors (Lipinski definition) is 0. The molecule has 0 aromatic rings. The molecular weight excluding hydrogens is 312 g/mol. The van der Waals surface area contributed by atoms with Gasteiger partial charge in [0.1, 0.15) is 12.9 Å². The van der Waals surface area contributed by atoms with Crippen molar-refractivity contribution >= 4 is 14.1 Å². The van der Waals surface area contributed by atoms with Crippen LogP contribution in [0.3, 0.4) is 0 Å². The zero-order valence-electron chi connectivity index (χ0n) is 15.4. The number of carbonyl (C=O) groups excluding carboxylic acids is 1. The Balaban J connectivity index is 4.20. The van der Waals surface area contributed by atoms with E-state index in [4.69, 9.17) is 18.6 Å². The van der Waals surface area contributed by atoms with Crippen molar-refractivity contribution in [2.24, 2.45) is 0 Å². The van der Waals surface area contributed by atoms with Crippen molar-refractivity contribution in [3.63, 3.8) is 0 Å². The number of ketones is 1. The van der Waals surface area contributed by atoms with Crippen LogP contribution in [0, 0.1) is 0 Å². The predicted octanol–water partition coefficient (Wildman–Crippen LogP) is 3.33. The van der Waals surface area contributed by atoms with Crippen LogP contribution < -0.4 is 0 Å². The van der Waals surface area contributed by atoms with Gasteiger partial charge in [-0.15, -0.1) is 6.58 Å². The lowest BCUT2D eigenvalue weighted by Crippen LogP contribution is -2.40. The van der Waals surface area contributed by atoms with Crippen LogP contribution in [0.1, 0.15) is 20.8 Å². The summed E-state index contributed by atoms with van der Waals surface area (Å²) in [5, 5.41) is 0.150. The molecule has 0 bridgehead atoms. The van der Waals surface area contributed by atoms with Crippen LogP contribution in [-0.4, -0.2) is 53.9 Å². The average molecular weight is 345 g/mol. The number of methoxy groups -OCH3 is 1. The molecule has 5 nitrogen and oxygen atoms in total. The Hall–Kier alpha value is -0.793. The summed E-state index contributed by atoms with van der Waals surface area (Å²) in [6, 6.07) is 0.